The van der Waals surface area contributed by atoms with E-state index in [2.05, 4.69) is 5.32 Å². The lowest BCUT2D eigenvalue weighted by atomic mass is 9.84. The van der Waals surface area contributed by atoms with E-state index in [0.717, 1.165) is 32.1 Å². The van der Waals surface area contributed by atoms with Crippen molar-refractivity contribution in [3.8, 4) is 0 Å². The maximum Gasteiger partial charge on any atom is 0.239 e. The molecule has 0 atom stereocenters. The fourth-order valence-electron chi connectivity index (χ4n) is 2.67. The van der Waals surface area contributed by atoms with Crippen LogP contribution in [0.4, 0.5) is 0 Å². The monoisotopic (exact) mass is 283 g/mol. The summed E-state index contributed by atoms with van der Waals surface area (Å²) in [5, 5.41) is 2.79. The molecule has 0 bridgehead atoms. The molecule has 1 saturated carbocycles. The molecule has 0 aromatic rings. The second-order valence-electron chi connectivity index (χ2n) is 6.29. The number of hydrogen-bond donors (Lipinski definition) is 2. The molecular weight excluding hydrogens is 254 g/mol. The Kier molecular flexibility index (Phi) is 6.99. The van der Waals surface area contributed by atoms with Gasteiger partial charge >= 0.3 is 0 Å². The first-order valence-electron chi connectivity index (χ1n) is 7.67. The molecule has 20 heavy (non-hydrogen) atoms. The second-order valence-corrected chi connectivity index (χ2v) is 6.29. The Morgan fingerprint density at radius 1 is 1.25 bits per heavy atom. The molecule has 0 unspecified atom stereocenters. The van der Waals surface area contributed by atoms with E-state index < -0.39 is 0 Å². The number of nitrogens with one attached hydrogen (secondary N) is 1. The molecule has 0 aromatic carbocycles. The van der Waals surface area contributed by atoms with Crippen LogP contribution in [-0.2, 0) is 9.59 Å². The highest BCUT2D eigenvalue weighted by molar-refractivity contribution is 5.84. The fourth-order valence-corrected chi connectivity index (χ4v) is 2.67. The van der Waals surface area contributed by atoms with Gasteiger partial charge in [-0.2, -0.15) is 0 Å². The summed E-state index contributed by atoms with van der Waals surface area (Å²) in [6.45, 7) is 3.97. The van der Waals surface area contributed by atoms with Gasteiger partial charge in [-0.1, -0.05) is 0 Å². The molecule has 1 aliphatic rings. The zero-order chi connectivity index (χ0) is 15.1. The largest absolute Gasteiger partial charge is 0.352 e. The zero-order valence-corrected chi connectivity index (χ0v) is 13.0. The molecule has 5 nitrogen and oxygen atoms in total. The van der Waals surface area contributed by atoms with Gasteiger partial charge in [0.15, 0.2) is 0 Å². The quantitative estimate of drug-likeness (QED) is 0.770. The number of nitrogens with zero attached hydrogens (tertiary/aromatic N) is 1. The standard InChI is InChI=1S/C15H29N3O2/c1-11(2)17-14(19)10-18(3)15(20)9-6-12-4-7-13(16)8-5-12/h11-13H,4-10,16H2,1-3H3,(H,17,19). The molecule has 3 N–H and O–H groups in total. The molecule has 1 aliphatic carbocycles. The van der Waals surface area contributed by atoms with Crippen molar-refractivity contribution >= 4 is 11.8 Å². The summed E-state index contributed by atoms with van der Waals surface area (Å²) >= 11 is 0. The lowest BCUT2D eigenvalue weighted by Gasteiger charge is -2.26. The maximum atomic E-state index is 12.0. The second kappa shape index (κ2) is 8.25. The SMILES string of the molecule is CC(C)NC(=O)CN(C)C(=O)CCC1CCC(N)CC1. The van der Waals surface area contributed by atoms with E-state index in [1.165, 1.54) is 4.90 Å². The number of hydrogen-bond acceptors (Lipinski definition) is 3. The predicted molar refractivity (Wildman–Crippen MR) is 80.1 cm³/mol. The van der Waals surface area contributed by atoms with Crippen molar-refractivity contribution in [3.63, 3.8) is 0 Å². The molecule has 0 saturated heterocycles. The minimum Gasteiger partial charge on any atom is -0.352 e. The van der Waals surface area contributed by atoms with Crippen molar-refractivity contribution in [2.45, 2.75) is 64.5 Å². The van der Waals surface area contributed by atoms with Crippen LogP contribution in [0.25, 0.3) is 0 Å². The van der Waals surface area contributed by atoms with E-state index in [1.54, 1.807) is 7.05 Å². The van der Waals surface area contributed by atoms with Crippen LogP contribution >= 0.6 is 0 Å². The number of nitrogens with two attached hydrogens (primary N) is 1. The average Bonchev–Trinajstić information content (AvgIpc) is 2.36. The summed E-state index contributed by atoms with van der Waals surface area (Å²) in [4.78, 5) is 25.1. The molecule has 0 spiro atoms. The third-order valence-electron chi connectivity index (χ3n) is 3.91. The summed E-state index contributed by atoms with van der Waals surface area (Å²) in [7, 11) is 1.69. The third-order valence-corrected chi connectivity index (χ3v) is 3.91. The Morgan fingerprint density at radius 2 is 1.85 bits per heavy atom. The van der Waals surface area contributed by atoms with Gasteiger partial charge in [0.1, 0.15) is 0 Å². The van der Waals surface area contributed by atoms with Crippen LogP contribution in [0.15, 0.2) is 0 Å². The highest BCUT2D eigenvalue weighted by Gasteiger charge is 2.20. The van der Waals surface area contributed by atoms with E-state index >= 15 is 0 Å². The molecule has 2 amide bonds. The lowest BCUT2D eigenvalue weighted by molar-refractivity contribution is -0.135. The molecule has 0 heterocycles. The molecular formula is C15H29N3O2. The summed E-state index contributed by atoms with van der Waals surface area (Å²) in [6, 6.07) is 0.460. The van der Waals surface area contributed by atoms with Crippen LogP contribution in [-0.4, -0.2) is 42.4 Å². The van der Waals surface area contributed by atoms with Crippen molar-refractivity contribution in [2.75, 3.05) is 13.6 Å². The minimum absolute atomic E-state index is 0.0544. The molecule has 0 radical (unpaired) electrons. The van der Waals surface area contributed by atoms with Gasteiger partial charge in [0.2, 0.25) is 11.8 Å². The highest BCUT2D eigenvalue weighted by Crippen LogP contribution is 2.26. The Bertz CT molecular complexity index is 323. The van der Waals surface area contributed by atoms with Crippen LogP contribution in [0.5, 0.6) is 0 Å². The number of carbonyl (C=O) groups is 2. The Hall–Kier alpha value is -1.10. The number of likely N-dealkylation sites (N-methyl/N-ethyl adjacent to an activating group) is 1. The summed E-state index contributed by atoms with van der Waals surface area (Å²) in [5.74, 6) is 0.579. The molecule has 0 aromatic heterocycles. The van der Waals surface area contributed by atoms with Crippen molar-refractivity contribution in [1.82, 2.24) is 10.2 Å². The van der Waals surface area contributed by atoms with Gasteiger partial charge in [0.05, 0.1) is 6.54 Å². The average molecular weight is 283 g/mol. The van der Waals surface area contributed by atoms with Crippen LogP contribution in [0, 0.1) is 5.92 Å². The minimum atomic E-state index is -0.0977. The first-order chi connectivity index (χ1) is 9.38. The normalized spacial score (nSPS) is 22.6. The van der Waals surface area contributed by atoms with E-state index in [1.807, 2.05) is 13.8 Å². The highest BCUT2D eigenvalue weighted by atomic mass is 16.2. The number of rotatable bonds is 6. The Labute approximate surface area is 122 Å². The first-order valence-corrected chi connectivity index (χ1v) is 7.67. The summed E-state index contributed by atoms with van der Waals surface area (Å²) in [5.41, 5.74) is 5.88. The van der Waals surface area contributed by atoms with E-state index in [0.29, 0.717) is 18.4 Å². The molecule has 0 aliphatic heterocycles. The molecule has 1 rings (SSSR count). The number of carbonyl (C=O) groups excluding carboxylic acids is 2. The van der Waals surface area contributed by atoms with Crippen LogP contribution in [0.3, 0.4) is 0 Å². The van der Waals surface area contributed by atoms with Gasteiger partial charge in [0, 0.05) is 25.6 Å². The molecule has 1 fully saturated rings. The Balaban J connectivity index is 2.22. The van der Waals surface area contributed by atoms with Crippen molar-refractivity contribution in [2.24, 2.45) is 11.7 Å². The van der Waals surface area contributed by atoms with Crippen molar-refractivity contribution in [1.29, 1.82) is 0 Å². The predicted octanol–water partition coefficient (Wildman–Crippen LogP) is 1.27. The topological polar surface area (TPSA) is 75.4 Å². The third kappa shape index (κ3) is 6.37. The van der Waals surface area contributed by atoms with Gasteiger partial charge in [-0.15, -0.1) is 0 Å². The van der Waals surface area contributed by atoms with Gasteiger partial charge in [-0.3, -0.25) is 9.59 Å². The van der Waals surface area contributed by atoms with Crippen molar-refractivity contribution < 1.29 is 9.59 Å². The van der Waals surface area contributed by atoms with Gasteiger partial charge < -0.3 is 16.0 Å². The zero-order valence-electron chi connectivity index (χ0n) is 13.0. The first kappa shape index (κ1) is 17.0. The van der Waals surface area contributed by atoms with Gasteiger partial charge in [-0.25, -0.2) is 0 Å². The summed E-state index contributed by atoms with van der Waals surface area (Å²) in [6.07, 6.45) is 5.86. The molecule has 116 valence electrons. The van der Waals surface area contributed by atoms with E-state index in [9.17, 15) is 9.59 Å². The molecule has 5 heteroatoms. The summed E-state index contributed by atoms with van der Waals surface area (Å²) < 4.78 is 0. The van der Waals surface area contributed by atoms with Crippen LogP contribution in [0.2, 0.25) is 0 Å². The van der Waals surface area contributed by atoms with Gasteiger partial charge in [-0.05, 0) is 51.9 Å². The van der Waals surface area contributed by atoms with E-state index in [4.69, 9.17) is 5.73 Å². The maximum absolute atomic E-state index is 12.0. The fraction of sp³-hybridized carbons (Fsp3) is 0.867. The Morgan fingerprint density at radius 3 is 2.40 bits per heavy atom. The van der Waals surface area contributed by atoms with Crippen LogP contribution < -0.4 is 11.1 Å². The lowest BCUT2D eigenvalue weighted by Crippen LogP contribution is -2.40. The smallest absolute Gasteiger partial charge is 0.239 e. The van der Waals surface area contributed by atoms with Gasteiger partial charge in [0.25, 0.3) is 0 Å². The van der Waals surface area contributed by atoms with Crippen molar-refractivity contribution in [3.05, 3.63) is 0 Å². The number of amides is 2. The van der Waals surface area contributed by atoms with E-state index in [-0.39, 0.29) is 24.4 Å². The van der Waals surface area contributed by atoms with Crippen LogP contribution in [0.1, 0.15) is 52.4 Å².